The summed E-state index contributed by atoms with van der Waals surface area (Å²) in [5.41, 5.74) is 6.58. The first kappa shape index (κ1) is 85.5. The average Bonchev–Trinajstić information content (AvgIpc) is 0.760. The molecule has 4 heterocycles. The monoisotopic (exact) mass is 1620 g/mol. The van der Waals surface area contributed by atoms with Gasteiger partial charge in [-0.3, -0.25) is 15.0 Å². The van der Waals surface area contributed by atoms with E-state index in [0.717, 1.165) is 44.5 Å². The molecular weight excluding hydrogens is 1530 g/mol. The Morgan fingerprint density at radius 3 is 0.974 bits per heavy atom. The van der Waals surface area contributed by atoms with Crippen LogP contribution in [-0.4, -0.2) is 157 Å². The lowest BCUT2D eigenvalue weighted by Crippen LogP contribution is -2.68. The van der Waals surface area contributed by atoms with Gasteiger partial charge in [0.25, 0.3) is 3.79 Å². The molecule has 0 unspecified atom stereocenters. The summed E-state index contributed by atoms with van der Waals surface area (Å²) in [6, 6.07) is 76.7. The van der Waals surface area contributed by atoms with E-state index in [2.05, 4.69) is 0 Å². The highest BCUT2D eigenvalue weighted by molar-refractivity contribution is 6.76. The van der Waals surface area contributed by atoms with Gasteiger partial charge in [0.15, 0.2) is 31.1 Å². The van der Waals surface area contributed by atoms with Gasteiger partial charge in [-0.25, -0.2) is 0 Å². The van der Waals surface area contributed by atoms with Crippen LogP contribution >= 0.6 is 34.8 Å². The molecule has 4 aliphatic heterocycles. The van der Waals surface area contributed by atoms with Gasteiger partial charge in [-0.15, -0.1) is 0 Å². The van der Waals surface area contributed by atoms with Crippen molar-refractivity contribution in [1.82, 2.24) is 0 Å². The van der Waals surface area contributed by atoms with E-state index in [4.69, 9.17) is 125 Å². The van der Waals surface area contributed by atoms with Crippen LogP contribution in [0.4, 0.5) is 0 Å². The van der Waals surface area contributed by atoms with Gasteiger partial charge in [0.1, 0.15) is 72.9 Å². The zero-order valence-electron chi connectivity index (χ0n) is 64.1. The molecule has 0 amide bonds. The Morgan fingerprint density at radius 1 is 0.325 bits per heavy atom. The van der Waals surface area contributed by atoms with Gasteiger partial charge in [-0.2, -0.15) is 0 Å². The molecule has 4 aliphatic rings. The maximum absolute atomic E-state index is 15.2. The second-order valence-corrected chi connectivity index (χ2v) is 30.8. The molecule has 12 rings (SSSR count). The summed E-state index contributed by atoms with van der Waals surface area (Å²) in [5, 5.41) is 8.81. The average molecular weight is 1620 g/mol. The zero-order valence-corrected chi connectivity index (χ0v) is 66.4. The lowest BCUT2D eigenvalue weighted by atomic mass is 9.95. The largest absolute Gasteiger partial charge is 0.454 e. The quantitative estimate of drug-likeness (QED) is 0.0165. The molecule has 0 aromatic heterocycles. The lowest BCUT2D eigenvalue weighted by molar-refractivity contribution is -0.401. The fraction of sp³-hybridized carbons (Fsp3) is 0.416. The maximum atomic E-state index is 15.2. The van der Waals surface area contributed by atoms with Crippen molar-refractivity contribution in [1.29, 1.82) is 5.41 Å². The maximum Gasteiger partial charge on any atom is 0.306 e. The van der Waals surface area contributed by atoms with Gasteiger partial charge in [-0.05, 0) is 72.2 Å². The molecule has 0 radical (unpaired) electrons. The SMILES string of the molecule is CC(=O)CCC(=O)O[C@H]1[C@H](O[C@H]2[C@H](O[C@@H]3[C@@H](OCc4ccccc4)[C@H](C)O[C@@H](OC(=N)C(Cl)(Cl)Cl)[C@@H]3OC(C)=O)O[C@@H](C)[C@H](OCc3ccccc3)[C@H]2OCc2ccccc2)O[C@@H](C)[C@H](OCc2ccccc2)[C@H]1O[C@H]1O[C@H](COCc2ccccc2)[C@@H](OCc2ccccc2)[C@H](OCc2ccccc2)[C@H]1OCc1ccccc1. The Hall–Kier alpha value is -7.89. The highest BCUT2D eigenvalue weighted by atomic mass is 35.6. The third-order valence-electron chi connectivity index (χ3n) is 19.8. The Bertz CT molecular complexity index is 4190. The number of carbonyl (C=O) groups is 3. The third-order valence-corrected chi connectivity index (χ3v) is 20.3. The number of esters is 2. The molecule has 4 fully saturated rings. The number of ether oxygens (including phenoxy) is 18. The number of hydrogen-bond donors (Lipinski definition) is 1. The zero-order chi connectivity index (χ0) is 79.8. The van der Waals surface area contributed by atoms with Crippen molar-refractivity contribution >= 4 is 58.4 Å². The van der Waals surface area contributed by atoms with Crippen molar-refractivity contribution in [3.8, 4) is 0 Å². The third kappa shape index (κ3) is 24.6. The number of benzene rings is 8. The van der Waals surface area contributed by atoms with Crippen molar-refractivity contribution in [2.24, 2.45) is 0 Å². The van der Waals surface area contributed by atoms with Crippen LogP contribution in [0.2, 0.25) is 0 Å². The van der Waals surface area contributed by atoms with E-state index >= 15 is 4.79 Å². The molecule has 0 spiro atoms. The summed E-state index contributed by atoms with van der Waals surface area (Å²) < 4.78 is 124. The van der Waals surface area contributed by atoms with E-state index in [-0.39, 0.29) is 78.1 Å². The van der Waals surface area contributed by atoms with Gasteiger partial charge in [0.2, 0.25) is 12.2 Å². The smallest absolute Gasteiger partial charge is 0.306 e. The highest BCUT2D eigenvalue weighted by Crippen LogP contribution is 2.42. The van der Waals surface area contributed by atoms with Crippen molar-refractivity contribution in [2.75, 3.05) is 6.61 Å². The van der Waals surface area contributed by atoms with Crippen LogP contribution in [0.15, 0.2) is 243 Å². The van der Waals surface area contributed by atoms with Crippen LogP contribution in [0, 0.1) is 5.41 Å². The number of Topliss-reactive ketones (excluding diaryl/α,β-unsaturated/α-hetero) is 1. The molecule has 8 aromatic carbocycles. The van der Waals surface area contributed by atoms with E-state index in [1.807, 2.05) is 243 Å². The van der Waals surface area contributed by atoms with Crippen molar-refractivity contribution in [2.45, 2.75) is 227 Å². The normalized spacial score (nSPS) is 27.7. The van der Waals surface area contributed by atoms with E-state index in [0.29, 0.717) is 0 Å². The molecule has 22 nitrogen and oxygen atoms in total. The van der Waals surface area contributed by atoms with Crippen LogP contribution in [0.3, 0.4) is 0 Å². The van der Waals surface area contributed by atoms with Crippen LogP contribution in [0.1, 0.15) is 92.0 Å². The molecule has 0 saturated carbocycles. The van der Waals surface area contributed by atoms with Gasteiger partial charge < -0.3 is 90.1 Å². The molecule has 1 N–H and O–H groups in total. The highest BCUT2D eigenvalue weighted by Gasteiger charge is 2.60. The fourth-order valence-corrected chi connectivity index (χ4v) is 14.2. The Labute approximate surface area is 680 Å². The molecule has 20 atom stereocenters. The van der Waals surface area contributed by atoms with Crippen LogP contribution in [-0.2, 0) is 153 Å². The van der Waals surface area contributed by atoms with E-state index in [1.54, 1.807) is 20.8 Å². The number of halogens is 3. The Morgan fingerprint density at radius 2 is 0.614 bits per heavy atom. The Balaban J connectivity index is 1.01. The number of alkyl halides is 3. The molecule has 25 heteroatoms. The summed E-state index contributed by atoms with van der Waals surface area (Å²) in [6.07, 6.45) is -26.5. The minimum Gasteiger partial charge on any atom is -0.454 e. The predicted octanol–water partition coefficient (Wildman–Crippen LogP) is 15.0. The van der Waals surface area contributed by atoms with E-state index < -0.39 is 144 Å². The predicted molar refractivity (Wildman–Crippen MR) is 422 cm³/mol. The van der Waals surface area contributed by atoms with Gasteiger partial charge in [0.05, 0.1) is 84.2 Å². The fourth-order valence-electron chi connectivity index (χ4n) is 14.1. The van der Waals surface area contributed by atoms with Gasteiger partial charge >= 0.3 is 11.9 Å². The summed E-state index contributed by atoms with van der Waals surface area (Å²) >= 11 is 18.9. The first-order valence-electron chi connectivity index (χ1n) is 38.3. The number of ketones is 1. The minimum absolute atomic E-state index is 0.00427. The second kappa shape index (κ2) is 42.8. The summed E-state index contributed by atoms with van der Waals surface area (Å²) in [5.74, 6) is -2.79. The van der Waals surface area contributed by atoms with Gasteiger partial charge in [0, 0.05) is 13.3 Å². The summed E-state index contributed by atoms with van der Waals surface area (Å²) in [6.45, 7) is 8.22. The van der Waals surface area contributed by atoms with Crippen LogP contribution in [0.25, 0.3) is 0 Å². The lowest BCUT2D eigenvalue weighted by Gasteiger charge is -2.52. The molecule has 0 bridgehead atoms. The van der Waals surface area contributed by atoms with E-state index in [9.17, 15) is 9.59 Å². The van der Waals surface area contributed by atoms with Crippen molar-refractivity contribution < 1.29 is 99.6 Å². The first-order valence-corrected chi connectivity index (χ1v) is 39.5. The second-order valence-electron chi connectivity index (χ2n) is 28.5. The summed E-state index contributed by atoms with van der Waals surface area (Å²) in [4.78, 5) is 41.8. The molecule has 606 valence electrons. The topological polar surface area (TPSA) is 241 Å². The first-order chi connectivity index (χ1) is 55.4. The molecule has 4 saturated heterocycles. The molecule has 114 heavy (non-hydrogen) atoms. The summed E-state index contributed by atoms with van der Waals surface area (Å²) in [7, 11) is 0. The van der Waals surface area contributed by atoms with Crippen LogP contribution < -0.4 is 0 Å². The molecule has 0 aliphatic carbocycles. The standard InChI is InChI=1S/C89H98Cl3NO21/c1-57(94)46-47-71(96)110-83-79(111-84-80(104-55-69-44-28-13-29-45-69)77(103-54-68-42-26-12-27-43-68)75(101-52-66-38-22-10-23-39-66)70(109-84)56-97-48-62-30-14-6-15-31-62)74(100-51-65-36-20-9-21-37-65)59(3)106-86(83)113-81-76(102-53-67-40-24-11-25-41-67)72(98-49-63-32-16-7-17-33-63)58(2)105-85(81)112-78-73(99-50-64-34-18-8-19-35-64)60(4)107-87(82(78)108-61(5)95)114-88(93)89(90,91)92/h6-45,58-60,70,72-87,93H,46-56H2,1-5H3/t58-,59-,60-,70+,72-,73-,74-,75+,76+,77-,78+,79+,80+,81+,82+,83+,84+,85-,86-,87-/m0/s1. The van der Waals surface area contributed by atoms with Gasteiger partial charge in [-0.1, -0.05) is 277 Å². The number of nitrogens with one attached hydrogen (secondary N) is 1. The molecule has 8 aromatic rings. The van der Waals surface area contributed by atoms with Crippen molar-refractivity contribution in [3.63, 3.8) is 0 Å². The number of carbonyl (C=O) groups excluding carboxylic acids is 3. The number of rotatable bonds is 37. The van der Waals surface area contributed by atoms with Crippen molar-refractivity contribution in [3.05, 3.63) is 287 Å². The van der Waals surface area contributed by atoms with Crippen LogP contribution in [0.5, 0.6) is 0 Å². The van der Waals surface area contributed by atoms with E-state index in [1.165, 1.54) is 13.8 Å². The number of hydrogen-bond acceptors (Lipinski definition) is 22. The Kier molecular flexibility index (Phi) is 32.1. The molecular formula is C89H98Cl3NO21. The minimum atomic E-state index is -2.41.